The molecule has 1 heterocycles. The van der Waals surface area contributed by atoms with Gasteiger partial charge in [0.05, 0.1) is 11.6 Å². The van der Waals surface area contributed by atoms with Crippen molar-refractivity contribution in [1.82, 2.24) is 0 Å². The van der Waals surface area contributed by atoms with Crippen LogP contribution in [0.5, 0.6) is 0 Å². The maximum absolute atomic E-state index is 10.8. The molecule has 0 fully saturated rings. The topological polar surface area (TPSA) is 40.9 Å². The smallest absolute Gasteiger partial charge is 0.151 e. The lowest BCUT2D eigenvalue weighted by atomic mass is 10.1. The molecule has 0 bridgehead atoms. The maximum Gasteiger partial charge on any atom is 0.151 e. The van der Waals surface area contributed by atoms with Crippen LogP contribution in [0.1, 0.15) is 15.9 Å². The minimum absolute atomic E-state index is 0.494. The summed E-state index contributed by atoms with van der Waals surface area (Å²) in [5, 5.41) is 11.5. The summed E-state index contributed by atoms with van der Waals surface area (Å²) >= 11 is 5.73. The van der Waals surface area contributed by atoms with Gasteiger partial charge in [0.15, 0.2) is 6.29 Å². The molecular weight excluding hydrogens is 214 g/mol. The van der Waals surface area contributed by atoms with Crippen LogP contribution >= 0.6 is 24.0 Å². The molecule has 14 heavy (non-hydrogen) atoms. The van der Waals surface area contributed by atoms with E-state index in [1.165, 1.54) is 11.3 Å². The summed E-state index contributed by atoms with van der Waals surface area (Å²) in [6.07, 6.45) is 0.771. The molecule has 68 valence electrons. The van der Waals surface area contributed by atoms with Gasteiger partial charge >= 0.3 is 0 Å². The van der Waals surface area contributed by atoms with E-state index in [-0.39, 0.29) is 0 Å². The second-order valence-electron chi connectivity index (χ2n) is 2.79. The summed E-state index contributed by atoms with van der Waals surface area (Å²) in [6, 6.07) is 5.37. The van der Waals surface area contributed by atoms with E-state index >= 15 is 0 Å². The summed E-state index contributed by atoms with van der Waals surface area (Å²) in [7, 11) is 0. The average molecular weight is 219 g/mol. The Balaban J connectivity index is 2.91. The van der Waals surface area contributed by atoms with Crippen LogP contribution in [0.2, 0.25) is 0 Å². The van der Waals surface area contributed by atoms with Crippen LogP contribution in [0.15, 0.2) is 22.4 Å². The Morgan fingerprint density at radius 1 is 1.50 bits per heavy atom. The first kappa shape index (κ1) is 9.25. The Labute approximate surface area is 90.2 Å². The zero-order chi connectivity index (χ0) is 10.1. The van der Waals surface area contributed by atoms with Gasteiger partial charge in [-0.05, 0) is 12.1 Å². The van der Waals surface area contributed by atoms with Gasteiger partial charge in [-0.1, -0.05) is 0 Å². The fourth-order valence-corrected chi connectivity index (χ4v) is 2.61. The Morgan fingerprint density at radius 2 is 2.29 bits per heavy atom. The number of carbonyl (C=O) groups is 1. The largest absolute Gasteiger partial charge is 0.298 e. The highest BCUT2D eigenvalue weighted by atomic mass is 32.1. The highest BCUT2D eigenvalue weighted by Crippen LogP contribution is 2.31. The third kappa shape index (κ3) is 1.31. The van der Waals surface area contributed by atoms with Crippen LogP contribution in [0, 0.1) is 11.3 Å². The predicted octanol–water partition coefficient (Wildman–Crippen LogP) is 2.87. The third-order valence-electron chi connectivity index (χ3n) is 1.94. The zero-order valence-electron chi connectivity index (χ0n) is 7.02. The second kappa shape index (κ2) is 3.45. The zero-order valence-corrected chi connectivity index (χ0v) is 8.73. The summed E-state index contributed by atoms with van der Waals surface area (Å²) in [6.45, 7) is 0. The minimum Gasteiger partial charge on any atom is -0.298 e. The normalized spacial score (nSPS) is 10.0. The highest BCUT2D eigenvalue weighted by molar-refractivity contribution is 7.80. The van der Waals surface area contributed by atoms with Crippen LogP contribution in [0.3, 0.4) is 0 Å². The first-order valence-electron chi connectivity index (χ1n) is 3.85. The Morgan fingerprint density at radius 3 is 2.93 bits per heavy atom. The number of aldehydes is 1. The van der Waals surface area contributed by atoms with E-state index in [2.05, 4.69) is 12.6 Å². The van der Waals surface area contributed by atoms with Gasteiger partial charge in [-0.3, -0.25) is 4.79 Å². The van der Waals surface area contributed by atoms with Crippen molar-refractivity contribution in [1.29, 1.82) is 5.26 Å². The summed E-state index contributed by atoms with van der Waals surface area (Å²) in [5.41, 5.74) is 1.05. The Kier molecular flexibility index (Phi) is 2.28. The molecule has 0 radical (unpaired) electrons. The number of hydrogen-bond acceptors (Lipinski definition) is 4. The fraction of sp³-hybridized carbons (Fsp3) is 0. The van der Waals surface area contributed by atoms with Crippen molar-refractivity contribution >= 4 is 40.3 Å². The average Bonchev–Trinajstić information content (AvgIpc) is 2.59. The van der Waals surface area contributed by atoms with Gasteiger partial charge in [-0.15, -0.1) is 24.0 Å². The molecule has 0 aliphatic rings. The summed E-state index contributed by atoms with van der Waals surface area (Å²) in [5.74, 6) is 0. The SMILES string of the molecule is N#Cc1cc(C=O)c2scc(S)c2c1. The van der Waals surface area contributed by atoms with Crippen molar-refractivity contribution in [2.45, 2.75) is 4.90 Å². The second-order valence-corrected chi connectivity index (χ2v) is 4.15. The molecule has 0 saturated heterocycles. The summed E-state index contributed by atoms with van der Waals surface area (Å²) < 4.78 is 0.893. The van der Waals surface area contributed by atoms with Crippen molar-refractivity contribution < 1.29 is 4.79 Å². The number of thiophene rings is 1. The van der Waals surface area contributed by atoms with E-state index in [9.17, 15) is 4.79 Å². The van der Waals surface area contributed by atoms with E-state index in [1.54, 1.807) is 12.1 Å². The standard InChI is InChI=1S/C10H5NOS2/c11-3-6-1-7(4-12)10-8(2-6)9(13)5-14-10/h1-2,4-5,13H. The van der Waals surface area contributed by atoms with Gasteiger partial charge < -0.3 is 0 Å². The lowest BCUT2D eigenvalue weighted by Crippen LogP contribution is -1.83. The Hall–Kier alpha value is -1.31. The highest BCUT2D eigenvalue weighted by Gasteiger charge is 2.07. The number of nitriles is 1. The predicted molar refractivity (Wildman–Crippen MR) is 59.2 cm³/mol. The van der Waals surface area contributed by atoms with E-state index in [0.717, 1.165) is 21.3 Å². The molecule has 0 unspecified atom stereocenters. The van der Waals surface area contributed by atoms with Gasteiger partial charge in [0.1, 0.15) is 0 Å². The van der Waals surface area contributed by atoms with Gasteiger partial charge in [0.2, 0.25) is 0 Å². The van der Waals surface area contributed by atoms with Crippen LogP contribution in [0.4, 0.5) is 0 Å². The number of rotatable bonds is 1. The molecule has 4 heteroatoms. The molecule has 0 amide bonds. The molecule has 2 rings (SSSR count). The number of benzene rings is 1. The van der Waals surface area contributed by atoms with Crippen LogP contribution in [-0.2, 0) is 0 Å². The molecule has 0 aliphatic heterocycles. The van der Waals surface area contributed by atoms with E-state index in [0.29, 0.717) is 11.1 Å². The monoisotopic (exact) mass is 219 g/mol. The van der Waals surface area contributed by atoms with Gasteiger partial charge in [0.25, 0.3) is 0 Å². The molecule has 1 aromatic carbocycles. The van der Waals surface area contributed by atoms with Crippen LogP contribution in [0.25, 0.3) is 10.1 Å². The fourth-order valence-electron chi connectivity index (χ4n) is 1.30. The molecule has 0 aliphatic carbocycles. The lowest BCUT2D eigenvalue weighted by molar-refractivity contribution is 0.112. The van der Waals surface area contributed by atoms with Crippen LogP contribution in [-0.4, -0.2) is 6.29 Å². The summed E-state index contributed by atoms with van der Waals surface area (Å²) in [4.78, 5) is 11.6. The minimum atomic E-state index is 0.494. The van der Waals surface area contributed by atoms with Crippen molar-refractivity contribution in [3.05, 3.63) is 28.6 Å². The molecule has 2 nitrogen and oxygen atoms in total. The molecular formula is C10H5NOS2. The number of thiol groups is 1. The van der Waals surface area contributed by atoms with Crippen molar-refractivity contribution in [3.63, 3.8) is 0 Å². The maximum atomic E-state index is 10.8. The van der Waals surface area contributed by atoms with E-state index in [4.69, 9.17) is 5.26 Å². The van der Waals surface area contributed by atoms with Crippen molar-refractivity contribution in [2.24, 2.45) is 0 Å². The number of hydrogen-bond donors (Lipinski definition) is 1. The molecule has 0 N–H and O–H groups in total. The molecule has 0 saturated carbocycles. The molecule has 2 aromatic rings. The van der Waals surface area contributed by atoms with Gasteiger partial charge in [-0.25, -0.2) is 0 Å². The number of fused-ring (bicyclic) bond motifs is 1. The third-order valence-corrected chi connectivity index (χ3v) is 3.53. The molecule has 0 atom stereocenters. The van der Waals surface area contributed by atoms with Crippen molar-refractivity contribution in [2.75, 3.05) is 0 Å². The van der Waals surface area contributed by atoms with Gasteiger partial charge in [0, 0.05) is 25.9 Å². The first-order valence-corrected chi connectivity index (χ1v) is 5.18. The number of carbonyl (C=O) groups excluding carboxylic acids is 1. The van der Waals surface area contributed by atoms with Crippen LogP contribution < -0.4 is 0 Å². The van der Waals surface area contributed by atoms with Crippen molar-refractivity contribution in [3.8, 4) is 6.07 Å². The van der Waals surface area contributed by atoms with E-state index in [1.807, 2.05) is 11.4 Å². The Bertz CT molecular complexity index is 551. The molecule has 0 spiro atoms. The number of nitrogens with zero attached hydrogens (tertiary/aromatic N) is 1. The van der Waals surface area contributed by atoms with E-state index < -0.39 is 0 Å². The van der Waals surface area contributed by atoms with Gasteiger partial charge in [-0.2, -0.15) is 5.26 Å². The lowest BCUT2D eigenvalue weighted by Gasteiger charge is -1.96. The molecule has 1 aromatic heterocycles. The quantitative estimate of drug-likeness (QED) is 0.592. The first-order chi connectivity index (χ1) is 6.76.